The Morgan fingerprint density at radius 1 is 0.250 bits per heavy atom. The second-order valence-electron chi connectivity index (χ2n) is 1.39. The van der Waals surface area contributed by atoms with E-state index in [-0.39, 0.29) is 152 Å². The first-order valence-electron chi connectivity index (χ1n) is 3.10. The number of rotatable bonds is 0. The second-order valence-corrected chi connectivity index (χ2v) is 1.39. The van der Waals surface area contributed by atoms with E-state index in [0.717, 1.165) is 0 Å². The van der Waals surface area contributed by atoms with Crippen molar-refractivity contribution in [2.45, 2.75) is 0 Å². The van der Waals surface area contributed by atoms with Crippen LogP contribution in [0, 0.1) is 0 Å². The standard InChI is InChI=1S/4BH3O3.K.10H2O.Sr.3H/c4*2-1(3)4;;;;;;;;;;;;;;;/h4*2-4H;;10*1H2;;;;. The summed E-state index contributed by atoms with van der Waals surface area (Å²) in [5.41, 5.74) is 0. The Morgan fingerprint density at radius 3 is 0.250 bits per heavy atom. The van der Waals surface area contributed by atoms with Gasteiger partial charge in [-0.05, 0) is 0 Å². The summed E-state index contributed by atoms with van der Waals surface area (Å²) in [5, 5.41) is 86.0. The molecule has 0 fully saturated rings. The van der Waals surface area contributed by atoms with E-state index < -0.39 is 29.3 Å². The molecule has 28 heavy (non-hydrogen) atoms. The molecule has 0 radical (unpaired) electrons. The van der Waals surface area contributed by atoms with Crippen LogP contribution >= 0.6 is 0 Å². The van der Waals surface area contributed by atoms with Gasteiger partial charge in [0.1, 0.15) is 0 Å². The summed E-state index contributed by atoms with van der Waals surface area (Å²) >= 11 is 0. The molecule has 0 unspecified atom stereocenters. The molecule has 0 aliphatic rings. The van der Waals surface area contributed by atoms with E-state index in [1.807, 2.05) is 0 Å². The molecule has 0 bridgehead atoms. The molecule has 28 heteroatoms. The second kappa shape index (κ2) is 114. The summed E-state index contributed by atoms with van der Waals surface area (Å²) in [4.78, 5) is 0. The van der Waals surface area contributed by atoms with Crippen LogP contribution in [0.3, 0.4) is 0 Å². The molecule has 0 aromatic rings. The fourth-order valence-corrected chi connectivity index (χ4v) is 0. The van der Waals surface area contributed by atoms with Crippen LogP contribution in [0.4, 0.5) is 0 Å². The molecule has 0 spiro atoms. The van der Waals surface area contributed by atoms with Crippen molar-refractivity contribution < 1.29 is 115 Å². The van der Waals surface area contributed by atoms with Crippen molar-refractivity contribution in [1.82, 2.24) is 0 Å². The fourth-order valence-electron chi connectivity index (χ4n) is 0. The van der Waals surface area contributed by atoms with Gasteiger partial charge in [-0.3, -0.25) is 0 Å². The van der Waals surface area contributed by atoms with Crippen molar-refractivity contribution in [3.05, 3.63) is 0 Å². The van der Waals surface area contributed by atoms with Gasteiger partial charge in [0.25, 0.3) is 0 Å². The van der Waals surface area contributed by atoms with Gasteiger partial charge < -0.3 is 115 Å². The minimum atomic E-state index is -2.17. The molecule has 0 atom stereocenters. The van der Waals surface area contributed by atoms with E-state index in [2.05, 4.69) is 0 Å². The van der Waals surface area contributed by atoms with Crippen LogP contribution in [0.1, 0.15) is 0 Å². The first-order valence-corrected chi connectivity index (χ1v) is 3.10. The van der Waals surface area contributed by atoms with E-state index in [9.17, 15) is 0 Å². The molecule has 32 N–H and O–H groups in total. The van der Waals surface area contributed by atoms with E-state index in [0.29, 0.717) is 0 Å². The zero-order valence-corrected chi connectivity index (χ0v) is 12.7. The first kappa shape index (κ1) is 126. The Bertz CT molecular complexity index is 71.5. The van der Waals surface area contributed by atoms with Crippen LogP contribution in [0.25, 0.3) is 0 Å². The zero-order chi connectivity index (χ0) is 14.3. The van der Waals surface area contributed by atoms with Crippen molar-refractivity contribution in [3.8, 4) is 0 Å². The zero-order valence-electron chi connectivity index (χ0n) is 12.7. The molecular weight excluding hydrogens is 522 g/mol. The maximum atomic E-state index is 7.17. The molecule has 0 saturated heterocycles. The maximum absolute atomic E-state index is 7.17. The number of hydrogen-bond acceptors (Lipinski definition) is 12. The molecule has 0 aromatic heterocycles. The molecular formula is H35B4KO22Sr. The van der Waals surface area contributed by atoms with Gasteiger partial charge in [-0.2, -0.15) is 0 Å². The van der Waals surface area contributed by atoms with Gasteiger partial charge in [0.2, 0.25) is 0 Å². The summed E-state index contributed by atoms with van der Waals surface area (Å²) in [7, 11) is -8.67. The Morgan fingerprint density at radius 2 is 0.250 bits per heavy atom. The topological polar surface area (TPSA) is 558 Å². The SMILES string of the molecule is O.O.O.O.O.O.O.O.O.O.OB(O)O.OB(O)O.OB(O)O.OB(O)O.[KH].[SrH2]. The average molecular weight is 557 g/mol. The Balaban J connectivity index is -0.00000000429. The quantitative estimate of drug-likeness (QED) is 0.124. The minimum absolute atomic E-state index is 0. The molecule has 0 heterocycles. The third kappa shape index (κ3) is 3460. The van der Waals surface area contributed by atoms with Crippen molar-refractivity contribution in [2.75, 3.05) is 0 Å². The summed E-state index contributed by atoms with van der Waals surface area (Å²) in [6.45, 7) is 0. The van der Waals surface area contributed by atoms with Gasteiger partial charge in [0.15, 0.2) is 0 Å². The van der Waals surface area contributed by atoms with Gasteiger partial charge in [-0.1, -0.05) is 0 Å². The Kier molecular flexibility index (Phi) is 514. The van der Waals surface area contributed by atoms with Crippen molar-refractivity contribution >= 4 is 126 Å². The predicted molar refractivity (Wildman–Crippen MR) is 101 cm³/mol. The molecule has 0 aliphatic carbocycles. The van der Waals surface area contributed by atoms with Gasteiger partial charge >= 0.3 is 126 Å². The molecule has 0 amide bonds. The summed E-state index contributed by atoms with van der Waals surface area (Å²) in [6, 6.07) is 0. The van der Waals surface area contributed by atoms with Crippen LogP contribution < -0.4 is 0 Å². The molecule has 0 saturated carbocycles. The third-order valence-corrected chi connectivity index (χ3v) is 0. The number of hydrogen-bond donors (Lipinski definition) is 12. The Labute approximate surface area is 238 Å². The van der Waals surface area contributed by atoms with E-state index in [4.69, 9.17) is 60.3 Å². The van der Waals surface area contributed by atoms with E-state index >= 15 is 0 Å². The van der Waals surface area contributed by atoms with E-state index in [1.54, 1.807) is 0 Å². The van der Waals surface area contributed by atoms with Crippen LogP contribution in [0.5, 0.6) is 0 Å². The van der Waals surface area contributed by atoms with Gasteiger partial charge in [-0.25, -0.2) is 0 Å². The van der Waals surface area contributed by atoms with Crippen molar-refractivity contribution in [2.24, 2.45) is 0 Å². The van der Waals surface area contributed by atoms with Crippen LogP contribution in [-0.2, 0) is 0 Å². The summed E-state index contributed by atoms with van der Waals surface area (Å²) in [6.07, 6.45) is 0. The third-order valence-electron chi connectivity index (χ3n) is 0. The summed E-state index contributed by atoms with van der Waals surface area (Å²) in [5.74, 6) is 0. The normalized spacial score (nSPS) is 3.86. The fraction of sp³-hybridized carbons (Fsp3) is 0. The summed E-state index contributed by atoms with van der Waals surface area (Å²) < 4.78 is 0. The predicted octanol–water partition coefficient (Wildman–Crippen LogP) is -18.0. The van der Waals surface area contributed by atoms with Gasteiger partial charge in [0, 0.05) is 0 Å². The van der Waals surface area contributed by atoms with Crippen molar-refractivity contribution in [1.29, 1.82) is 0 Å². The molecule has 0 aliphatic heterocycles. The first-order chi connectivity index (χ1) is 6.93. The molecule has 182 valence electrons. The monoisotopic (exact) mass is 558 g/mol. The van der Waals surface area contributed by atoms with Crippen LogP contribution in [0.2, 0.25) is 0 Å². The molecule has 0 rings (SSSR count). The molecule has 22 nitrogen and oxygen atoms in total. The van der Waals surface area contributed by atoms with Crippen LogP contribution in [-0.4, -0.2) is 241 Å². The van der Waals surface area contributed by atoms with Gasteiger partial charge in [0.05, 0.1) is 0 Å². The average Bonchev–Trinajstić information content (AvgIpc) is 1.76. The molecule has 0 aromatic carbocycles. The van der Waals surface area contributed by atoms with E-state index in [1.165, 1.54) is 0 Å². The van der Waals surface area contributed by atoms with Crippen LogP contribution in [0.15, 0.2) is 0 Å². The van der Waals surface area contributed by atoms with Gasteiger partial charge in [-0.15, -0.1) is 0 Å². The van der Waals surface area contributed by atoms with Crippen molar-refractivity contribution in [3.63, 3.8) is 0 Å². The Hall–Kier alpha value is 2.50.